The zero-order valence-electron chi connectivity index (χ0n) is 14.4. The van der Waals surface area contributed by atoms with Crippen LogP contribution in [-0.4, -0.2) is 30.4 Å². The maximum atomic E-state index is 11.6. The minimum Gasteiger partial charge on any atom is -0.504 e. The Morgan fingerprint density at radius 1 is 1.15 bits per heavy atom. The van der Waals surface area contributed by atoms with Crippen molar-refractivity contribution in [2.24, 2.45) is 11.1 Å². The summed E-state index contributed by atoms with van der Waals surface area (Å²) in [5, 5.41) is 21.9. The predicted molar refractivity (Wildman–Crippen MR) is 97.0 cm³/mol. The summed E-state index contributed by atoms with van der Waals surface area (Å²) in [6, 6.07) is 9.48. The van der Waals surface area contributed by atoms with Gasteiger partial charge in [0.15, 0.2) is 11.5 Å². The van der Waals surface area contributed by atoms with Crippen LogP contribution in [0.4, 0.5) is 5.69 Å². The summed E-state index contributed by atoms with van der Waals surface area (Å²) in [4.78, 5) is 22.2. The first-order chi connectivity index (χ1) is 12.5. The first-order valence-electron chi connectivity index (χ1n) is 7.76. The summed E-state index contributed by atoms with van der Waals surface area (Å²) in [6.45, 7) is 0. The molecule has 2 aromatic carbocycles. The van der Waals surface area contributed by atoms with E-state index in [1.807, 2.05) is 0 Å². The number of carboxylic acids is 1. The van der Waals surface area contributed by atoms with Gasteiger partial charge in [0.25, 0.3) is 0 Å². The summed E-state index contributed by atoms with van der Waals surface area (Å²) in [6.07, 6.45) is 3.44. The lowest BCUT2D eigenvalue weighted by molar-refractivity contribution is -0.140. The number of hydrogen-bond acceptors (Lipinski definition) is 6. The summed E-state index contributed by atoms with van der Waals surface area (Å²) < 4.78 is 10.1. The van der Waals surface area contributed by atoms with Gasteiger partial charge in [-0.05, 0) is 47.0 Å². The van der Waals surface area contributed by atoms with Crippen LogP contribution in [-0.2, 0) is 11.2 Å². The van der Waals surface area contributed by atoms with Crippen LogP contribution in [0.5, 0.6) is 17.2 Å². The van der Waals surface area contributed by atoms with Crippen molar-refractivity contribution in [3.05, 3.63) is 58.5 Å². The van der Waals surface area contributed by atoms with E-state index in [1.54, 1.807) is 36.4 Å². The van der Waals surface area contributed by atoms with Crippen molar-refractivity contribution >= 4 is 17.7 Å². The molecule has 0 fully saturated rings. The lowest BCUT2D eigenvalue weighted by atomic mass is 9.97. The molecule has 0 heterocycles. The number of benzene rings is 2. The zero-order chi connectivity index (χ0) is 19.1. The van der Waals surface area contributed by atoms with E-state index < -0.39 is 11.9 Å². The van der Waals surface area contributed by atoms with E-state index in [0.29, 0.717) is 11.3 Å². The zero-order valence-corrected chi connectivity index (χ0v) is 14.4. The standard InChI is InChI=1S/C19H19NO6/c1-25-17-10-12(4-7-15(17)20-24)3-6-14(19(22)23)9-13-5-8-16(21)18(11-13)26-2/h3-8,10-11,14,21H,9H2,1-2H3,(H,22,23)/b6-3+. The summed E-state index contributed by atoms with van der Waals surface area (Å²) in [5.74, 6) is -1.16. The molecule has 1 unspecified atom stereocenters. The molecule has 26 heavy (non-hydrogen) atoms. The maximum absolute atomic E-state index is 11.6. The first-order valence-corrected chi connectivity index (χ1v) is 7.76. The Morgan fingerprint density at radius 3 is 2.50 bits per heavy atom. The van der Waals surface area contributed by atoms with Crippen LogP contribution in [0.2, 0.25) is 0 Å². The van der Waals surface area contributed by atoms with Gasteiger partial charge in [0.05, 0.1) is 20.1 Å². The van der Waals surface area contributed by atoms with Crippen molar-refractivity contribution in [1.29, 1.82) is 0 Å². The molecule has 0 amide bonds. The van der Waals surface area contributed by atoms with Crippen molar-refractivity contribution in [2.75, 3.05) is 14.2 Å². The van der Waals surface area contributed by atoms with E-state index in [0.717, 1.165) is 5.56 Å². The third-order valence-corrected chi connectivity index (χ3v) is 3.84. The number of aromatic hydroxyl groups is 1. The fourth-order valence-corrected chi connectivity index (χ4v) is 2.44. The molecule has 7 nitrogen and oxygen atoms in total. The van der Waals surface area contributed by atoms with Gasteiger partial charge in [0, 0.05) is 0 Å². The average molecular weight is 357 g/mol. The maximum Gasteiger partial charge on any atom is 0.310 e. The summed E-state index contributed by atoms with van der Waals surface area (Å²) in [5.41, 5.74) is 1.58. The molecule has 0 aliphatic heterocycles. The molecule has 0 aliphatic rings. The normalized spacial score (nSPS) is 11.9. The van der Waals surface area contributed by atoms with Gasteiger partial charge < -0.3 is 19.7 Å². The number of methoxy groups -OCH3 is 2. The van der Waals surface area contributed by atoms with Crippen LogP contribution in [0.1, 0.15) is 11.1 Å². The molecule has 0 bridgehead atoms. The first kappa shape index (κ1) is 19.0. The number of aliphatic carboxylic acids is 1. The minimum absolute atomic E-state index is 0.00496. The SMILES string of the molecule is COc1cc(CC(/C=C/c2ccc(N=O)c(OC)c2)C(=O)O)ccc1O. The van der Waals surface area contributed by atoms with E-state index in [-0.39, 0.29) is 23.6 Å². The fourth-order valence-electron chi connectivity index (χ4n) is 2.44. The Bertz CT molecular complexity index is 831. The largest absolute Gasteiger partial charge is 0.504 e. The van der Waals surface area contributed by atoms with Crippen LogP contribution in [0.25, 0.3) is 6.08 Å². The topological polar surface area (TPSA) is 105 Å². The van der Waals surface area contributed by atoms with Gasteiger partial charge in [-0.25, -0.2) is 0 Å². The molecular weight excluding hydrogens is 338 g/mol. The number of nitroso groups, excluding NO2 is 1. The van der Waals surface area contributed by atoms with Crippen molar-refractivity contribution in [2.45, 2.75) is 6.42 Å². The van der Waals surface area contributed by atoms with Crippen molar-refractivity contribution in [1.82, 2.24) is 0 Å². The number of phenolic OH excluding ortho intramolecular Hbond substituents is 1. The molecule has 0 saturated carbocycles. The van der Waals surface area contributed by atoms with Crippen molar-refractivity contribution in [3.63, 3.8) is 0 Å². The molecule has 2 rings (SSSR count). The third-order valence-electron chi connectivity index (χ3n) is 3.84. The van der Waals surface area contributed by atoms with Gasteiger partial charge >= 0.3 is 5.97 Å². The molecule has 1 atom stereocenters. The van der Waals surface area contributed by atoms with E-state index in [1.165, 1.54) is 26.4 Å². The van der Waals surface area contributed by atoms with Gasteiger partial charge in [0.1, 0.15) is 11.4 Å². The second-order valence-electron chi connectivity index (χ2n) is 5.54. The number of hydrogen-bond donors (Lipinski definition) is 2. The Balaban J connectivity index is 2.21. The second-order valence-corrected chi connectivity index (χ2v) is 5.54. The minimum atomic E-state index is -0.980. The van der Waals surface area contributed by atoms with Crippen LogP contribution < -0.4 is 9.47 Å². The Labute approximate surface area is 150 Å². The van der Waals surface area contributed by atoms with Crippen LogP contribution in [0.3, 0.4) is 0 Å². The Kier molecular flexibility index (Phi) is 6.32. The highest BCUT2D eigenvalue weighted by Gasteiger charge is 2.16. The fraction of sp³-hybridized carbons (Fsp3) is 0.211. The lowest BCUT2D eigenvalue weighted by Crippen LogP contribution is -2.13. The van der Waals surface area contributed by atoms with Gasteiger partial charge in [0.2, 0.25) is 0 Å². The molecular formula is C19H19NO6. The van der Waals surface area contributed by atoms with Crippen LogP contribution in [0.15, 0.2) is 47.7 Å². The highest BCUT2D eigenvalue weighted by molar-refractivity contribution is 5.74. The number of phenols is 1. The molecule has 136 valence electrons. The quantitative estimate of drug-likeness (QED) is 0.697. The van der Waals surface area contributed by atoms with Crippen LogP contribution in [0, 0.1) is 10.8 Å². The van der Waals surface area contributed by atoms with E-state index >= 15 is 0 Å². The van der Waals surface area contributed by atoms with E-state index in [4.69, 9.17) is 9.47 Å². The average Bonchev–Trinajstić information content (AvgIpc) is 2.65. The lowest BCUT2D eigenvalue weighted by Gasteiger charge is -2.10. The summed E-state index contributed by atoms with van der Waals surface area (Å²) in [7, 11) is 2.86. The van der Waals surface area contributed by atoms with Gasteiger partial charge in [-0.1, -0.05) is 24.3 Å². The number of carboxylic acid groups (broad SMARTS) is 1. The molecule has 0 saturated heterocycles. The molecule has 0 spiro atoms. The highest BCUT2D eigenvalue weighted by Crippen LogP contribution is 2.29. The van der Waals surface area contributed by atoms with Gasteiger partial charge in [-0.3, -0.25) is 4.79 Å². The monoisotopic (exact) mass is 357 g/mol. The Morgan fingerprint density at radius 2 is 1.88 bits per heavy atom. The Hall–Kier alpha value is -3.35. The van der Waals surface area contributed by atoms with Crippen molar-refractivity contribution < 1.29 is 24.5 Å². The van der Waals surface area contributed by atoms with Crippen molar-refractivity contribution in [3.8, 4) is 17.2 Å². The number of rotatable bonds is 8. The molecule has 0 aliphatic carbocycles. The smallest absolute Gasteiger partial charge is 0.310 e. The number of nitrogens with zero attached hydrogens (tertiary/aromatic N) is 1. The summed E-state index contributed by atoms with van der Waals surface area (Å²) >= 11 is 0. The molecule has 2 N–H and O–H groups in total. The third kappa shape index (κ3) is 4.60. The molecule has 0 aromatic heterocycles. The van der Waals surface area contributed by atoms with Crippen LogP contribution >= 0.6 is 0 Å². The van der Waals surface area contributed by atoms with Gasteiger partial charge in [-0.2, -0.15) is 0 Å². The molecule has 0 radical (unpaired) electrons. The number of carbonyl (C=O) groups is 1. The van der Waals surface area contributed by atoms with Gasteiger partial charge in [-0.15, -0.1) is 4.91 Å². The predicted octanol–water partition coefficient (Wildman–Crippen LogP) is 3.76. The van der Waals surface area contributed by atoms with E-state index in [2.05, 4.69) is 5.18 Å². The van der Waals surface area contributed by atoms with E-state index in [9.17, 15) is 19.9 Å². The highest BCUT2D eigenvalue weighted by atomic mass is 16.5. The molecule has 7 heteroatoms. The number of ether oxygens (including phenoxy) is 2. The second kappa shape index (κ2) is 8.66. The molecule has 2 aromatic rings.